The molecule has 1 fully saturated rings. The van der Waals surface area contributed by atoms with Gasteiger partial charge in [0.2, 0.25) is 0 Å². The maximum absolute atomic E-state index is 12.8. The van der Waals surface area contributed by atoms with E-state index in [4.69, 9.17) is 16.3 Å². The number of carbonyl (C=O) groups is 2. The lowest BCUT2D eigenvalue weighted by molar-refractivity contribution is -0.143. The van der Waals surface area contributed by atoms with E-state index in [-0.39, 0.29) is 18.3 Å². The number of unbranched alkanes of at least 4 members (excludes halogenated alkanes) is 1. The van der Waals surface area contributed by atoms with Crippen molar-refractivity contribution in [2.24, 2.45) is 0 Å². The molecule has 1 saturated heterocycles. The molecule has 1 aliphatic heterocycles. The van der Waals surface area contributed by atoms with Crippen LogP contribution in [0.15, 0.2) is 24.3 Å². The Morgan fingerprint density at radius 2 is 1.96 bits per heavy atom. The second-order valence-electron chi connectivity index (χ2n) is 6.61. The van der Waals surface area contributed by atoms with Crippen molar-refractivity contribution in [1.82, 2.24) is 9.80 Å². The van der Waals surface area contributed by atoms with Crippen LogP contribution in [-0.2, 0) is 9.53 Å². The van der Waals surface area contributed by atoms with Gasteiger partial charge >= 0.3 is 5.97 Å². The predicted molar refractivity (Wildman–Crippen MR) is 104 cm³/mol. The molecule has 0 saturated carbocycles. The minimum Gasteiger partial charge on any atom is -0.466 e. The van der Waals surface area contributed by atoms with E-state index < -0.39 is 0 Å². The molecular formula is C20H29ClN2O3. The highest BCUT2D eigenvalue weighted by Gasteiger charge is 2.18. The standard InChI is InChI=1S/C20H29ClN2O3/c1-2-26-19(24)10-15-23(14-6-5-13-22-11-3-4-12-22)20(25)17-8-7-9-18(21)16-17/h7-9,16H,2-6,10-15H2,1H3. The van der Waals surface area contributed by atoms with E-state index in [0.717, 1.165) is 19.4 Å². The van der Waals surface area contributed by atoms with Gasteiger partial charge in [-0.15, -0.1) is 0 Å². The molecule has 0 bridgehead atoms. The summed E-state index contributed by atoms with van der Waals surface area (Å²) in [5.41, 5.74) is 0.556. The molecule has 1 aromatic rings. The SMILES string of the molecule is CCOC(=O)CCN(CCCCN1CCCC1)C(=O)c1cccc(Cl)c1. The summed E-state index contributed by atoms with van der Waals surface area (Å²) in [7, 11) is 0. The van der Waals surface area contributed by atoms with Gasteiger partial charge in [0, 0.05) is 23.7 Å². The molecule has 0 N–H and O–H groups in total. The lowest BCUT2D eigenvalue weighted by Crippen LogP contribution is -2.34. The van der Waals surface area contributed by atoms with Crippen molar-refractivity contribution < 1.29 is 14.3 Å². The molecule has 0 spiro atoms. The highest BCUT2D eigenvalue weighted by atomic mass is 35.5. The molecule has 5 nitrogen and oxygen atoms in total. The molecule has 26 heavy (non-hydrogen) atoms. The first-order valence-corrected chi connectivity index (χ1v) is 9.90. The van der Waals surface area contributed by atoms with E-state index in [1.165, 1.54) is 25.9 Å². The molecule has 1 aliphatic rings. The number of benzene rings is 1. The van der Waals surface area contributed by atoms with Gasteiger partial charge in [0.05, 0.1) is 13.0 Å². The van der Waals surface area contributed by atoms with Crippen molar-refractivity contribution in [3.8, 4) is 0 Å². The lowest BCUT2D eigenvalue weighted by atomic mass is 10.1. The number of amides is 1. The first kappa shape index (κ1) is 20.7. The topological polar surface area (TPSA) is 49.9 Å². The zero-order valence-electron chi connectivity index (χ0n) is 15.6. The van der Waals surface area contributed by atoms with Crippen LogP contribution in [-0.4, -0.2) is 61.0 Å². The van der Waals surface area contributed by atoms with Gasteiger partial charge in [-0.3, -0.25) is 9.59 Å². The van der Waals surface area contributed by atoms with E-state index in [9.17, 15) is 9.59 Å². The van der Waals surface area contributed by atoms with Crippen molar-refractivity contribution in [2.75, 3.05) is 39.3 Å². The summed E-state index contributed by atoms with van der Waals surface area (Å²) in [6, 6.07) is 6.95. The van der Waals surface area contributed by atoms with E-state index in [1.54, 1.807) is 36.1 Å². The molecule has 0 unspecified atom stereocenters. The van der Waals surface area contributed by atoms with Crippen molar-refractivity contribution in [1.29, 1.82) is 0 Å². The van der Waals surface area contributed by atoms with Crippen LogP contribution in [0.4, 0.5) is 0 Å². The van der Waals surface area contributed by atoms with Crippen LogP contribution in [0.25, 0.3) is 0 Å². The molecular weight excluding hydrogens is 352 g/mol. The summed E-state index contributed by atoms with van der Waals surface area (Å²) in [4.78, 5) is 28.7. The fraction of sp³-hybridized carbons (Fsp3) is 0.600. The lowest BCUT2D eigenvalue weighted by Gasteiger charge is -2.23. The van der Waals surface area contributed by atoms with Crippen LogP contribution in [0.2, 0.25) is 5.02 Å². The Balaban J connectivity index is 1.89. The van der Waals surface area contributed by atoms with Crippen LogP contribution in [0, 0.1) is 0 Å². The Labute approximate surface area is 161 Å². The smallest absolute Gasteiger partial charge is 0.307 e. The Bertz CT molecular complexity index is 588. The van der Waals surface area contributed by atoms with Gasteiger partial charge in [-0.2, -0.15) is 0 Å². The third kappa shape index (κ3) is 6.96. The van der Waals surface area contributed by atoms with Gasteiger partial charge in [0.25, 0.3) is 5.91 Å². The second-order valence-corrected chi connectivity index (χ2v) is 7.05. The number of halogens is 1. The summed E-state index contributed by atoms with van der Waals surface area (Å²) in [5, 5.41) is 0.537. The average Bonchev–Trinajstić information content (AvgIpc) is 3.14. The highest BCUT2D eigenvalue weighted by molar-refractivity contribution is 6.30. The molecule has 6 heteroatoms. The van der Waals surface area contributed by atoms with Gasteiger partial charge in [-0.1, -0.05) is 17.7 Å². The molecule has 0 radical (unpaired) electrons. The average molecular weight is 381 g/mol. The van der Waals surface area contributed by atoms with Gasteiger partial charge in [-0.05, 0) is 70.4 Å². The zero-order chi connectivity index (χ0) is 18.8. The molecule has 1 amide bonds. The van der Waals surface area contributed by atoms with E-state index in [2.05, 4.69) is 4.90 Å². The number of ether oxygens (including phenoxy) is 1. The van der Waals surface area contributed by atoms with E-state index in [1.807, 2.05) is 0 Å². The first-order valence-electron chi connectivity index (χ1n) is 9.53. The maximum atomic E-state index is 12.8. The third-order valence-electron chi connectivity index (χ3n) is 4.60. The number of carbonyl (C=O) groups excluding carboxylic acids is 2. The van der Waals surface area contributed by atoms with Crippen molar-refractivity contribution in [3.05, 3.63) is 34.9 Å². The number of nitrogens with zero attached hydrogens (tertiary/aromatic N) is 2. The molecule has 0 atom stereocenters. The molecule has 2 rings (SSSR count). The summed E-state index contributed by atoms with van der Waals surface area (Å²) in [6.45, 7) is 6.60. The number of hydrogen-bond donors (Lipinski definition) is 0. The summed E-state index contributed by atoms with van der Waals surface area (Å²) >= 11 is 6.01. The van der Waals surface area contributed by atoms with Gasteiger partial charge in [0.15, 0.2) is 0 Å². The van der Waals surface area contributed by atoms with Crippen LogP contribution in [0.1, 0.15) is 49.4 Å². The number of likely N-dealkylation sites (tertiary alicyclic amines) is 1. The van der Waals surface area contributed by atoms with Gasteiger partial charge in [-0.25, -0.2) is 0 Å². The van der Waals surface area contributed by atoms with Crippen molar-refractivity contribution >= 4 is 23.5 Å². The first-order chi connectivity index (χ1) is 12.6. The number of hydrogen-bond acceptors (Lipinski definition) is 4. The third-order valence-corrected chi connectivity index (χ3v) is 4.84. The zero-order valence-corrected chi connectivity index (χ0v) is 16.3. The van der Waals surface area contributed by atoms with Crippen LogP contribution in [0.3, 0.4) is 0 Å². The second kappa shape index (κ2) is 11.2. The Kier molecular flexibility index (Phi) is 8.92. The summed E-state index contributed by atoms with van der Waals surface area (Å²) in [5.74, 6) is -0.355. The minimum absolute atomic E-state index is 0.0852. The van der Waals surface area contributed by atoms with Crippen LogP contribution < -0.4 is 0 Å². The summed E-state index contributed by atoms with van der Waals surface area (Å²) in [6.07, 6.45) is 4.77. The predicted octanol–water partition coefficient (Wildman–Crippen LogP) is 3.61. The number of rotatable bonds is 10. The van der Waals surface area contributed by atoms with E-state index in [0.29, 0.717) is 30.3 Å². The highest BCUT2D eigenvalue weighted by Crippen LogP contribution is 2.14. The molecule has 1 aromatic carbocycles. The Morgan fingerprint density at radius 1 is 1.19 bits per heavy atom. The van der Waals surface area contributed by atoms with Gasteiger partial charge in [0.1, 0.15) is 0 Å². The Hall–Kier alpha value is -1.59. The molecule has 1 heterocycles. The Morgan fingerprint density at radius 3 is 2.65 bits per heavy atom. The fourth-order valence-electron chi connectivity index (χ4n) is 3.22. The maximum Gasteiger partial charge on any atom is 0.307 e. The monoisotopic (exact) mass is 380 g/mol. The largest absolute Gasteiger partial charge is 0.466 e. The van der Waals surface area contributed by atoms with Crippen LogP contribution >= 0.6 is 11.6 Å². The molecule has 0 aliphatic carbocycles. The quantitative estimate of drug-likeness (QED) is 0.459. The number of esters is 1. The fourth-order valence-corrected chi connectivity index (χ4v) is 3.41. The van der Waals surface area contributed by atoms with E-state index >= 15 is 0 Å². The van der Waals surface area contributed by atoms with Crippen LogP contribution in [0.5, 0.6) is 0 Å². The van der Waals surface area contributed by atoms with Gasteiger partial charge < -0.3 is 14.5 Å². The van der Waals surface area contributed by atoms with Crippen molar-refractivity contribution in [2.45, 2.75) is 39.0 Å². The normalized spacial score (nSPS) is 14.4. The van der Waals surface area contributed by atoms with Crippen molar-refractivity contribution in [3.63, 3.8) is 0 Å². The molecule has 0 aromatic heterocycles. The minimum atomic E-state index is -0.270. The summed E-state index contributed by atoms with van der Waals surface area (Å²) < 4.78 is 4.99. The molecule has 144 valence electrons.